The summed E-state index contributed by atoms with van der Waals surface area (Å²) >= 11 is 0. The first-order chi connectivity index (χ1) is 5.43. The minimum Gasteiger partial charge on any atom is -0.481 e. The Labute approximate surface area is 73.4 Å². The minimum atomic E-state index is -0.757. The van der Waals surface area contributed by atoms with Crippen molar-refractivity contribution in [1.82, 2.24) is 0 Å². The maximum atomic E-state index is 10.5. The van der Waals surface area contributed by atoms with Crippen molar-refractivity contribution in [2.45, 2.75) is 39.7 Å². The van der Waals surface area contributed by atoms with E-state index in [0.29, 0.717) is 12.8 Å². The summed E-state index contributed by atoms with van der Waals surface area (Å²) in [5, 5.41) is 17.6. The van der Waals surface area contributed by atoms with Crippen LogP contribution in [0, 0.1) is 11.8 Å². The van der Waals surface area contributed by atoms with Crippen molar-refractivity contribution in [3.8, 4) is 0 Å². The summed E-state index contributed by atoms with van der Waals surface area (Å²) in [5.74, 6) is -0.790. The zero-order valence-electron chi connectivity index (χ0n) is 7.95. The first-order valence-electron chi connectivity index (χ1n) is 4.34. The molecule has 3 heteroatoms. The van der Waals surface area contributed by atoms with Crippen molar-refractivity contribution >= 4 is 5.97 Å². The van der Waals surface area contributed by atoms with Crippen LogP contribution in [-0.2, 0) is 4.79 Å². The van der Waals surface area contributed by atoms with Crippen LogP contribution in [0.4, 0.5) is 0 Å². The van der Waals surface area contributed by atoms with Crippen molar-refractivity contribution in [3.63, 3.8) is 0 Å². The van der Waals surface area contributed by atoms with Crippen molar-refractivity contribution in [2.24, 2.45) is 11.8 Å². The molecule has 0 aromatic rings. The molecule has 0 aromatic heterocycles. The number of rotatable bonds is 5. The van der Waals surface area contributed by atoms with Crippen LogP contribution >= 0.6 is 0 Å². The number of aliphatic hydroxyl groups is 1. The molecule has 0 radical (unpaired) electrons. The fraction of sp³-hybridized carbons (Fsp3) is 0.889. The average Bonchev–Trinajstić information content (AvgIpc) is 1.84. The molecule has 0 fully saturated rings. The molecule has 0 bridgehead atoms. The van der Waals surface area contributed by atoms with Crippen molar-refractivity contribution in [1.29, 1.82) is 0 Å². The van der Waals surface area contributed by atoms with E-state index in [9.17, 15) is 4.79 Å². The van der Waals surface area contributed by atoms with E-state index >= 15 is 0 Å². The van der Waals surface area contributed by atoms with Gasteiger partial charge in [-0.3, -0.25) is 4.79 Å². The Morgan fingerprint density at radius 3 is 2.08 bits per heavy atom. The highest BCUT2D eigenvalue weighted by atomic mass is 16.4. The lowest BCUT2D eigenvalue weighted by atomic mass is 9.93. The smallest absolute Gasteiger partial charge is 0.306 e. The predicted molar refractivity (Wildman–Crippen MR) is 46.9 cm³/mol. The molecule has 3 nitrogen and oxygen atoms in total. The zero-order chi connectivity index (χ0) is 9.72. The molecule has 0 saturated carbocycles. The lowest BCUT2D eigenvalue weighted by Crippen LogP contribution is -2.16. The van der Waals surface area contributed by atoms with Crippen LogP contribution < -0.4 is 0 Å². The molecule has 0 unspecified atom stereocenters. The predicted octanol–water partition coefficient (Wildman–Crippen LogP) is 1.50. The lowest BCUT2D eigenvalue weighted by molar-refractivity contribution is -0.141. The van der Waals surface area contributed by atoms with Crippen LogP contribution in [0.25, 0.3) is 0 Å². The Hall–Kier alpha value is -0.570. The normalized spacial score (nSPS) is 18.3. The first-order valence-corrected chi connectivity index (χ1v) is 4.34. The summed E-state index contributed by atoms with van der Waals surface area (Å²) in [5.41, 5.74) is 0. The van der Waals surface area contributed by atoms with Gasteiger partial charge in [-0.1, -0.05) is 13.8 Å². The first kappa shape index (κ1) is 11.4. The van der Waals surface area contributed by atoms with E-state index in [1.807, 2.05) is 6.92 Å². The topological polar surface area (TPSA) is 57.5 Å². The number of carbonyl (C=O) groups is 1. The van der Waals surface area contributed by atoms with E-state index < -0.39 is 5.97 Å². The van der Waals surface area contributed by atoms with Crippen LogP contribution in [-0.4, -0.2) is 22.3 Å². The third-order valence-electron chi connectivity index (χ3n) is 1.92. The second-order valence-electron chi connectivity index (χ2n) is 3.66. The Kier molecular flexibility index (Phi) is 4.90. The second-order valence-corrected chi connectivity index (χ2v) is 3.66. The highest BCUT2D eigenvalue weighted by Gasteiger charge is 2.15. The average molecular weight is 174 g/mol. The molecular formula is C9H18O3. The standard InChI is InChI=1S/C9H18O3/c1-6(5-8(3)10)4-7(2)9(11)12/h6-8,10H,4-5H2,1-3H3,(H,11,12)/t6-,7+,8-/m0/s1. The van der Waals surface area contributed by atoms with Crippen LogP contribution in [0.15, 0.2) is 0 Å². The van der Waals surface area contributed by atoms with Gasteiger partial charge < -0.3 is 10.2 Å². The van der Waals surface area contributed by atoms with E-state index in [-0.39, 0.29) is 17.9 Å². The largest absolute Gasteiger partial charge is 0.481 e. The van der Waals surface area contributed by atoms with Crippen LogP contribution in [0.2, 0.25) is 0 Å². The van der Waals surface area contributed by atoms with Gasteiger partial charge in [0.25, 0.3) is 0 Å². The Balaban J connectivity index is 3.68. The number of carboxylic acid groups (broad SMARTS) is 1. The van der Waals surface area contributed by atoms with Crippen LogP contribution in [0.3, 0.4) is 0 Å². The molecule has 12 heavy (non-hydrogen) atoms. The molecule has 0 aromatic carbocycles. The quantitative estimate of drug-likeness (QED) is 0.664. The lowest BCUT2D eigenvalue weighted by Gasteiger charge is -2.15. The van der Waals surface area contributed by atoms with Gasteiger partial charge in [-0.2, -0.15) is 0 Å². The van der Waals surface area contributed by atoms with Gasteiger partial charge in [0.05, 0.1) is 12.0 Å². The fourth-order valence-corrected chi connectivity index (χ4v) is 1.38. The van der Waals surface area contributed by atoms with E-state index in [0.717, 1.165) is 0 Å². The molecule has 3 atom stereocenters. The third kappa shape index (κ3) is 5.13. The van der Waals surface area contributed by atoms with E-state index in [2.05, 4.69) is 0 Å². The van der Waals surface area contributed by atoms with Gasteiger partial charge in [0.1, 0.15) is 0 Å². The molecule has 0 saturated heterocycles. The number of hydrogen-bond acceptors (Lipinski definition) is 2. The van der Waals surface area contributed by atoms with Crippen molar-refractivity contribution in [2.75, 3.05) is 0 Å². The Morgan fingerprint density at radius 1 is 1.25 bits per heavy atom. The molecule has 0 heterocycles. The molecular weight excluding hydrogens is 156 g/mol. The maximum absolute atomic E-state index is 10.5. The van der Waals surface area contributed by atoms with E-state index in [1.54, 1.807) is 13.8 Å². The summed E-state index contributed by atoms with van der Waals surface area (Å²) in [6.45, 7) is 5.38. The SMILES string of the molecule is C[C@H](C[C@H](C)O)C[C@@H](C)C(=O)O. The molecule has 0 aliphatic rings. The molecule has 72 valence electrons. The van der Waals surface area contributed by atoms with Gasteiger partial charge in [0.15, 0.2) is 0 Å². The second kappa shape index (κ2) is 5.14. The summed E-state index contributed by atoms with van der Waals surface area (Å²) in [4.78, 5) is 10.5. The van der Waals surface area contributed by atoms with Crippen molar-refractivity contribution in [3.05, 3.63) is 0 Å². The van der Waals surface area contributed by atoms with E-state index in [1.165, 1.54) is 0 Å². The van der Waals surface area contributed by atoms with Gasteiger partial charge >= 0.3 is 5.97 Å². The number of carboxylic acids is 1. The number of hydrogen-bond donors (Lipinski definition) is 2. The van der Waals surface area contributed by atoms with Gasteiger partial charge in [-0.25, -0.2) is 0 Å². The van der Waals surface area contributed by atoms with E-state index in [4.69, 9.17) is 10.2 Å². The summed E-state index contributed by atoms with van der Waals surface area (Å²) in [6.07, 6.45) is 0.985. The Bertz CT molecular complexity index is 143. The number of aliphatic carboxylic acids is 1. The maximum Gasteiger partial charge on any atom is 0.306 e. The summed E-state index contributed by atoms with van der Waals surface area (Å²) < 4.78 is 0. The van der Waals surface area contributed by atoms with Gasteiger partial charge in [-0.15, -0.1) is 0 Å². The zero-order valence-corrected chi connectivity index (χ0v) is 7.95. The molecule has 2 N–H and O–H groups in total. The van der Waals surface area contributed by atoms with Gasteiger partial charge in [0, 0.05) is 0 Å². The minimum absolute atomic E-state index is 0.274. The van der Waals surface area contributed by atoms with Crippen LogP contribution in [0.5, 0.6) is 0 Å². The molecule has 0 aliphatic heterocycles. The molecule has 0 aliphatic carbocycles. The molecule has 0 amide bonds. The summed E-state index contributed by atoms with van der Waals surface area (Å²) in [6, 6.07) is 0. The molecule has 0 rings (SSSR count). The highest BCUT2D eigenvalue weighted by molar-refractivity contribution is 5.69. The van der Waals surface area contributed by atoms with Crippen LogP contribution in [0.1, 0.15) is 33.6 Å². The number of aliphatic hydroxyl groups excluding tert-OH is 1. The highest BCUT2D eigenvalue weighted by Crippen LogP contribution is 2.16. The Morgan fingerprint density at radius 2 is 1.75 bits per heavy atom. The third-order valence-corrected chi connectivity index (χ3v) is 1.92. The van der Waals surface area contributed by atoms with Gasteiger partial charge in [-0.05, 0) is 25.7 Å². The fourth-order valence-electron chi connectivity index (χ4n) is 1.38. The monoisotopic (exact) mass is 174 g/mol. The summed E-state index contributed by atoms with van der Waals surface area (Å²) in [7, 11) is 0. The van der Waals surface area contributed by atoms with Gasteiger partial charge in [0.2, 0.25) is 0 Å². The molecule has 0 spiro atoms. The van der Waals surface area contributed by atoms with Crippen molar-refractivity contribution < 1.29 is 15.0 Å².